The highest BCUT2D eigenvalue weighted by molar-refractivity contribution is 9.10. The van der Waals surface area contributed by atoms with Gasteiger partial charge in [0.05, 0.1) is 13.2 Å². The van der Waals surface area contributed by atoms with E-state index in [2.05, 4.69) is 21.2 Å². The van der Waals surface area contributed by atoms with Crippen molar-refractivity contribution < 1.29 is 19.1 Å². The summed E-state index contributed by atoms with van der Waals surface area (Å²) in [4.78, 5) is 25.0. The predicted molar refractivity (Wildman–Crippen MR) is 82.3 cm³/mol. The molecule has 2 rings (SSSR count). The van der Waals surface area contributed by atoms with Crippen LogP contribution in [0.2, 0.25) is 0 Å². The minimum absolute atomic E-state index is 0.0293. The van der Waals surface area contributed by atoms with Crippen LogP contribution in [-0.4, -0.2) is 41.5 Å². The monoisotopic (exact) mass is 372 g/mol. The second-order valence-corrected chi connectivity index (χ2v) is 6.18. The maximum absolute atomic E-state index is 13.8. The van der Waals surface area contributed by atoms with Crippen LogP contribution in [0.25, 0.3) is 0 Å². The number of carbonyl (C=O) groups excluding carboxylic acids is 2. The molecule has 2 N–H and O–H groups in total. The van der Waals surface area contributed by atoms with E-state index in [1.54, 1.807) is 12.1 Å². The van der Waals surface area contributed by atoms with Gasteiger partial charge in [-0.3, -0.25) is 9.59 Å². The van der Waals surface area contributed by atoms with Crippen LogP contribution in [0.3, 0.4) is 0 Å². The molecule has 1 saturated carbocycles. The zero-order valence-electron chi connectivity index (χ0n) is 12.0. The predicted octanol–water partition coefficient (Wildman–Crippen LogP) is 1.44. The van der Waals surface area contributed by atoms with E-state index in [1.807, 2.05) is 0 Å². The Bertz CT molecular complexity index is 564. The lowest BCUT2D eigenvalue weighted by atomic mass is 10.2. The van der Waals surface area contributed by atoms with Gasteiger partial charge in [0, 0.05) is 29.0 Å². The van der Waals surface area contributed by atoms with Gasteiger partial charge in [0.2, 0.25) is 11.8 Å². The fourth-order valence-corrected chi connectivity index (χ4v) is 2.46. The maximum atomic E-state index is 13.8. The number of hydrogen-bond donors (Lipinski definition) is 2. The molecule has 1 aliphatic rings. The number of rotatable bonds is 7. The van der Waals surface area contributed by atoms with Gasteiger partial charge < -0.3 is 15.3 Å². The van der Waals surface area contributed by atoms with Crippen LogP contribution in [0.4, 0.5) is 4.39 Å². The summed E-state index contributed by atoms with van der Waals surface area (Å²) in [5.74, 6) is -0.851. The molecule has 0 aliphatic heterocycles. The summed E-state index contributed by atoms with van der Waals surface area (Å²) in [6, 6.07) is 4.48. The Morgan fingerprint density at radius 2 is 2.14 bits per heavy atom. The van der Waals surface area contributed by atoms with E-state index in [-0.39, 0.29) is 44.0 Å². The lowest BCUT2D eigenvalue weighted by Gasteiger charge is -2.22. The van der Waals surface area contributed by atoms with Crippen molar-refractivity contribution in [1.82, 2.24) is 10.2 Å². The van der Waals surface area contributed by atoms with E-state index in [0.29, 0.717) is 10.0 Å². The molecule has 0 radical (unpaired) electrons. The van der Waals surface area contributed by atoms with Crippen molar-refractivity contribution in [2.24, 2.45) is 5.92 Å². The lowest BCUT2D eigenvalue weighted by Crippen LogP contribution is -2.41. The molecule has 1 aliphatic carbocycles. The number of aliphatic hydroxyl groups is 1. The van der Waals surface area contributed by atoms with Crippen molar-refractivity contribution in [2.45, 2.75) is 19.4 Å². The normalized spacial score (nSPS) is 13.8. The minimum Gasteiger partial charge on any atom is -0.395 e. The quantitative estimate of drug-likeness (QED) is 0.760. The second-order valence-electron chi connectivity index (χ2n) is 5.27. The Hall–Kier alpha value is -1.47. The number of amides is 2. The highest BCUT2D eigenvalue weighted by Gasteiger charge is 2.30. The van der Waals surface area contributed by atoms with Crippen LogP contribution in [0.15, 0.2) is 22.7 Å². The van der Waals surface area contributed by atoms with Gasteiger partial charge in [-0.2, -0.15) is 0 Å². The average Bonchev–Trinajstić information content (AvgIpc) is 3.32. The van der Waals surface area contributed by atoms with E-state index in [9.17, 15) is 14.0 Å². The zero-order chi connectivity index (χ0) is 16.1. The Morgan fingerprint density at radius 3 is 2.77 bits per heavy atom. The molecule has 2 amide bonds. The molecule has 0 heterocycles. The van der Waals surface area contributed by atoms with Crippen LogP contribution in [-0.2, 0) is 16.1 Å². The highest BCUT2D eigenvalue weighted by Crippen LogP contribution is 2.28. The van der Waals surface area contributed by atoms with Gasteiger partial charge in [-0.1, -0.05) is 15.9 Å². The molecule has 0 bridgehead atoms. The van der Waals surface area contributed by atoms with Gasteiger partial charge in [0.25, 0.3) is 0 Å². The minimum atomic E-state index is -0.416. The molecule has 5 nitrogen and oxygen atoms in total. The summed E-state index contributed by atoms with van der Waals surface area (Å²) in [6.07, 6.45) is 1.73. The van der Waals surface area contributed by atoms with Gasteiger partial charge in [-0.15, -0.1) is 0 Å². The third kappa shape index (κ3) is 4.78. The largest absolute Gasteiger partial charge is 0.395 e. The fraction of sp³-hybridized carbons (Fsp3) is 0.467. The molecule has 0 saturated heterocycles. The summed E-state index contributed by atoms with van der Waals surface area (Å²) in [5, 5.41) is 11.7. The van der Waals surface area contributed by atoms with Crippen molar-refractivity contribution in [2.75, 3.05) is 19.7 Å². The van der Waals surface area contributed by atoms with Crippen molar-refractivity contribution >= 4 is 27.7 Å². The van der Waals surface area contributed by atoms with Crippen LogP contribution in [0.5, 0.6) is 0 Å². The first kappa shape index (κ1) is 16.9. The molecule has 1 fully saturated rings. The van der Waals surface area contributed by atoms with Gasteiger partial charge in [-0.25, -0.2) is 4.39 Å². The SMILES string of the molecule is O=C(NCC(=O)N(CCO)Cc1cc(Br)ccc1F)C1CC1. The maximum Gasteiger partial charge on any atom is 0.242 e. The molecule has 120 valence electrons. The third-order valence-corrected chi connectivity index (χ3v) is 3.95. The van der Waals surface area contributed by atoms with Crippen LogP contribution in [0, 0.1) is 11.7 Å². The molecular weight excluding hydrogens is 355 g/mol. The first-order valence-corrected chi connectivity index (χ1v) is 7.91. The van der Waals surface area contributed by atoms with Crippen LogP contribution >= 0.6 is 15.9 Å². The standard InChI is InChI=1S/C15H18BrFN2O3/c16-12-3-4-13(17)11(7-12)9-19(5-6-20)14(21)8-18-15(22)10-1-2-10/h3-4,7,10,20H,1-2,5-6,8-9H2,(H,18,22). The van der Waals surface area contributed by atoms with Gasteiger partial charge in [-0.05, 0) is 31.0 Å². The number of nitrogens with zero attached hydrogens (tertiary/aromatic N) is 1. The Balaban J connectivity index is 1.96. The van der Waals surface area contributed by atoms with Gasteiger partial charge >= 0.3 is 0 Å². The molecule has 0 atom stereocenters. The van der Waals surface area contributed by atoms with E-state index >= 15 is 0 Å². The number of aliphatic hydroxyl groups excluding tert-OH is 1. The van der Waals surface area contributed by atoms with E-state index in [4.69, 9.17) is 5.11 Å². The molecule has 7 heteroatoms. The van der Waals surface area contributed by atoms with E-state index in [0.717, 1.165) is 12.8 Å². The molecule has 0 unspecified atom stereocenters. The van der Waals surface area contributed by atoms with Gasteiger partial charge in [0.15, 0.2) is 0 Å². The topological polar surface area (TPSA) is 69.6 Å². The summed E-state index contributed by atoms with van der Waals surface area (Å²) >= 11 is 3.26. The number of halogens is 2. The number of nitrogens with one attached hydrogen (secondary N) is 1. The molecule has 0 aromatic heterocycles. The first-order valence-electron chi connectivity index (χ1n) is 7.11. The van der Waals surface area contributed by atoms with Crippen molar-refractivity contribution in [3.05, 3.63) is 34.1 Å². The van der Waals surface area contributed by atoms with Crippen molar-refractivity contribution in [3.8, 4) is 0 Å². The van der Waals surface area contributed by atoms with E-state index in [1.165, 1.54) is 11.0 Å². The Labute approximate surface area is 136 Å². The van der Waals surface area contributed by atoms with Crippen LogP contribution < -0.4 is 5.32 Å². The van der Waals surface area contributed by atoms with Crippen molar-refractivity contribution in [3.63, 3.8) is 0 Å². The first-order chi connectivity index (χ1) is 10.5. The fourth-order valence-electron chi connectivity index (χ4n) is 2.05. The Kier molecular flexibility index (Phi) is 5.90. The smallest absolute Gasteiger partial charge is 0.242 e. The molecule has 1 aromatic carbocycles. The number of hydrogen-bond acceptors (Lipinski definition) is 3. The zero-order valence-corrected chi connectivity index (χ0v) is 13.6. The molecule has 22 heavy (non-hydrogen) atoms. The number of benzene rings is 1. The molecule has 0 spiro atoms. The summed E-state index contributed by atoms with van der Waals surface area (Å²) in [5.41, 5.74) is 0.352. The summed E-state index contributed by atoms with van der Waals surface area (Å²) in [7, 11) is 0. The van der Waals surface area contributed by atoms with Crippen molar-refractivity contribution in [1.29, 1.82) is 0 Å². The Morgan fingerprint density at radius 1 is 1.41 bits per heavy atom. The van der Waals surface area contributed by atoms with E-state index < -0.39 is 5.82 Å². The molecule has 1 aromatic rings. The van der Waals surface area contributed by atoms with Crippen LogP contribution in [0.1, 0.15) is 18.4 Å². The van der Waals surface area contributed by atoms with Gasteiger partial charge in [0.1, 0.15) is 5.82 Å². The highest BCUT2D eigenvalue weighted by atomic mass is 79.9. The number of carbonyl (C=O) groups is 2. The second kappa shape index (κ2) is 7.69. The molecular formula is C15H18BrFN2O3. The average molecular weight is 373 g/mol. The third-order valence-electron chi connectivity index (χ3n) is 3.45. The summed E-state index contributed by atoms with van der Waals surface area (Å²) < 4.78 is 14.5. The summed E-state index contributed by atoms with van der Waals surface area (Å²) in [6.45, 7) is -0.225. The lowest BCUT2D eigenvalue weighted by molar-refractivity contribution is -0.134.